The lowest BCUT2D eigenvalue weighted by Gasteiger charge is -2.12. The van der Waals surface area contributed by atoms with E-state index in [1.54, 1.807) is 18.2 Å². The third kappa shape index (κ3) is 6.03. The quantitative estimate of drug-likeness (QED) is 0.681. The van der Waals surface area contributed by atoms with E-state index in [4.69, 9.17) is 9.47 Å². The van der Waals surface area contributed by atoms with Crippen LogP contribution in [0.1, 0.15) is 37.6 Å². The van der Waals surface area contributed by atoms with Crippen LogP contribution in [0.2, 0.25) is 0 Å². The molecule has 6 heteroatoms. The van der Waals surface area contributed by atoms with E-state index in [1.165, 1.54) is 6.92 Å². The first-order valence-corrected chi connectivity index (χ1v) is 7.50. The molecule has 0 aliphatic heterocycles. The Kier molecular flexibility index (Phi) is 7.81. The molecule has 2 N–H and O–H groups in total. The molecule has 6 nitrogen and oxygen atoms in total. The Hall–Kier alpha value is -2.24. The smallest absolute Gasteiger partial charge is 0.251 e. The molecule has 0 aromatic heterocycles. The van der Waals surface area contributed by atoms with Crippen LogP contribution in [0.5, 0.6) is 11.5 Å². The van der Waals surface area contributed by atoms with Crippen LogP contribution in [0.25, 0.3) is 0 Å². The Morgan fingerprint density at radius 1 is 1.00 bits per heavy atom. The van der Waals surface area contributed by atoms with Crippen LogP contribution in [0.15, 0.2) is 18.2 Å². The van der Waals surface area contributed by atoms with Gasteiger partial charge in [0.2, 0.25) is 5.91 Å². The van der Waals surface area contributed by atoms with Gasteiger partial charge in [0.25, 0.3) is 5.91 Å². The summed E-state index contributed by atoms with van der Waals surface area (Å²) in [5.74, 6) is 0.952. The first-order valence-electron chi connectivity index (χ1n) is 7.50. The number of carbonyl (C=O) groups is 2. The maximum Gasteiger partial charge on any atom is 0.251 e. The van der Waals surface area contributed by atoms with E-state index >= 15 is 0 Å². The summed E-state index contributed by atoms with van der Waals surface area (Å²) in [6.07, 6.45) is 0.681. The van der Waals surface area contributed by atoms with Gasteiger partial charge >= 0.3 is 0 Å². The molecule has 122 valence electrons. The van der Waals surface area contributed by atoms with E-state index in [-0.39, 0.29) is 11.8 Å². The third-order valence-electron chi connectivity index (χ3n) is 2.82. The molecule has 0 fully saturated rings. The predicted molar refractivity (Wildman–Crippen MR) is 84.4 cm³/mol. The molecule has 1 aromatic rings. The minimum absolute atomic E-state index is 0.0702. The van der Waals surface area contributed by atoms with Crippen molar-refractivity contribution in [3.05, 3.63) is 23.8 Å². The average Bonchev–Trinajstić information content (AvgIpc) is 2.48. The Morgan fingerprint density at radius 3 is 2.27 bits per heavy atom. The van der Waals surface area contributed by atoms with Gasteiger partial charge in [-0.25, -0.2) is 0 Å². The van der Waals surface area contributed by atoms with E-state index in [2.05, 4.69) is 10.6 Å². The van der Waals surface area contributed by atoms with Crippen molar-refractivity contribution in [2.45, 2.75) is 27.2 Å². The summed E-state index contributed by atoms with van der Waals surface area (Å²) in [4.78, 5) is 22.8. The minimum atomic E-state index is -0.174. The van der Waals surface area contributed by atoms with Gasteiger partial charge in [-0.3, -0.25) is 9.59 Å². The molecule has 0 saturated carbocycles. The average molecular weight is 308 g/mol. The normalized spacial score (nSPS) is 9.95. The van der Waals surface area contributed by atoms with Gasteiger partial charge in [0.1, 0.15) is 0 Å². The second-order valence-electron chi connectivity index (χ2n) is 4.62. The highest BCUT2D eigenvalue weighted by Gasteiger charge is 2.11. The topological polar surface area (TPSA) is 76.7 Å². The van der Waals surface area contributed by atoms with Gasteiger partial charge in [0, 0.05) is 25.6 Å². The molecular formula is C16H24N2O4. The molecular weight excluding hydrogens is 284 g/mol. The van der Waals surface area contributed by atoms with Crippen LogP contribution >= 0.6 is 0 Å². The molecule has 0 aliphatic carbocycles. The first-order chi connectivity index (χ1) is 10.6. The second-order valence-corrected chi connectivity index (χ2v) is 4.62. The highest BCUT2D eigenvalue weighted by Crippen LogP contribution is 2.28. The highest BCUT2D eigenvalue weighted by atomic mass is 16.5. The molecule has 22 heavy (non-hydrogen) atoms. The van der Waals surface area contributed by atoms with Gasteiger partial charge in [-0.15, -0.1) is 0 Å². The summed E-state index contributed by atoms with van der Waals surface area (Å²) >= 11 is 0. The van der Waals surface area contributed by atoms with E-state index in [1.807, 2.05) is 13.8 Å². The molecule has 0 heterocycles. The molecule has 0 bridgehead atoms. The molecule has 0 spiro atoms. The maximum absolute atomic E-state index is 12.1. The van der Waals surface area contributed by atoms with Crippen LogP contribution in [0, 0.1) is 0 Å². The zero-order valence-electron chi connectivity index (χ0n) is 13.4. The fourth-order valence-electron chi connectivity index (χ4n) is 1.85. The van der Waals surface area contributed by atoms with Crippen molar-refractivity contribution < 1.29 is 19.1 Å². The first kappa shape index (κ1) is 17.8. The Morgan fingerprint density at radius 2 is 1.64 bits per heavy atom. The van der Waals surface area contributed by atoms with Crippen LogP contribution in [0.4, 0.5) is 0 Å². The standard InChI is InChI=1S/C16H24N2O4/c1-4-21-14-8-7-13(11-15(14)22-5-2)16(20)18-10-6-9-17-12(3)19/h7-8,11H,4-6,9-10H2,1-3H3,(H,17,19)(H,18,20). The molecule has 0 saturated heterocycles. The highest BCUT2D eigenvalue weighted by molar-refractivity contribution is 5.94. The van der Waals surface area contributed by atoms with Crippen molar-refractivity contribution in [3.8, 4) is 11.5 Å². The number of carbonyl (C=O) groups excluding carboxylic acids is 2. The lowest BCUT2D eigenvalue weighted by molar-refractivity contribution is -0.118. The Labute approximate surface area is 131 Å². The lowest BCUT2D eigenvalue weighted by atomic mass is 10.2. The van der Waals surface area contributed by atoms with Gasteiger partial charge in [-0.2, -0.15) is 0 Å². The van der Waals surface area contributed by atoms with E-state index in [9.17, 15) is 9.59 Å². The van der Waals surface area contributed by atoms with Gasteiger partial charge in [-0.1, -0.05) is 0 Å². The molecule has 0 aliphatic rings. The Balaban J connectivity index is 2.57. The summed E-state index contributed by atoms with van der Waals surface area (Å²) in [7, 11) is 0. The molecule has 1 aromatic carbocycles. The largest absolute Gasteiger partial charge is 0.490 e. The fourth-order valence-corrected chi connectivity index (χ4v) is 1.85. The monoisotopic (exact) mass is 308 g/mol. The second kappa shape index (κ2) is 9.65. The SMILES string of the molecule is CCOc1ccc(C(=O)NCCCNC(C)=O)cc1OCC. The number of amides is 2. The number of rotatable bonds is 9. The summed E-state index contributed by atoms with van der Waals surface area (Å²) in [6, 6.07) is 5.12. The van der Waals surface area contributed by atoms with Crippen molar-refractivity contribution in [3.63, 3.8) is 0 Å². The maximum atomic E-state index is 12.1. The van der Waals surface area contributed by atoms with Crippen LogP contribution in [-0.4, -0.2) is 38.1 Å². The predicted octanol–water partition coefficient (Wildman–Crippen LogP) is 1.74. The number of nitrogens with one attached hydrogen (secondary N) is 2. The lowest BCUT2D eigenvalue weighted by Crippen LogP contribution is -2.28. The molecule has 0 atom stereocenters. The molecule has 1 rings (SSSR count). The fraction of sp³-hybridized carbons (Fsp3) is 0.500. The third-order valence-corrected chi connectivity index (χ3v) is 2.82. The summed E-state index contributed by atoms with van der Waals surface area (Å²) in [6.45, 7) is 7.32. The van der Waals surface area contributed by atoms with Crippen LogP contribution in [0.3, 0.4) is 0 Å². The summed E-state index contributed by atoms with van der Waals surface area (Å²) in [5, 5.41) is 5.49. The van der Waals surface area contributed by atoms with Gasteiger partial charge in [0.15, 0.2) is 11.5 Å². The number of ether oxygens (including phenoxy) is 2. The zero-order valence-corrected chi connectivity index (χ0v) is 13.4. The van der Waals surface area contributed by atoms with Crippen LogP contribution in [-0.2, 0) is 4.79 Å². The molecule has 2 amide bonds. The summed E-state index contributed by atoms with van der Waals surface area (Å²) in [5.41, 5.74) is 0.520. The Bertz CT molecular complexity index is 503. The van der Waals surface area contributed by atoms with Crippen molar-refractivity contribution in [2.75, 3.05) is 26.3 Å². The minimum Gasteiger partial charge on any atom is -0.490 e. The zero-order chi connectivity index (χ0) is 16.4. The molecule has 0 unspecified atom stereocenters. The van der Waals surface area contributed by atoms with E-state index in [0.29, 0.717) is 49.8 Å². The van der Waals surface area contributed by atoms with Gasteiger partial charge in [0.05, 0.1) is 13.2 Å². The van der Waals surface area contributed by atoms with Crippen molar-refractivity contribution in [1.29, 1.82) is 0 Å². The van der Waals surface area contributed by atoms with Crippen molar-refractivity contribution in [2.24, 2.45) is 0 Å². The van der Waals surface area contributed by atoms with Gasteiger partial charge < -0.3 is 20.1 Å². The molecule has 0 radical (unpaired) electrons. The van der Waals surface area contributed by atoms with Crippen molar-refractivity contribution >= 4 is 11.8 Å². The number of hydrogen-bond donors (Lipinski definition) is 2. The summed E-state index contributed by atoms with van der Waals surface area (Å²) < 4.78 is 11.0. The van der Waals surface area contributed by atoms with Crippen molar-refractivity contribution in [1.82, 2.24) is 10.6 Å². The number of benzene rings is 1. The van der Waals surface area contributed by atoms with E-state index in [0.717, 1.165) is 0 Å². The van der Waals surface area contributed by atoms with Crippen LogP contribution < -0.4 is 20.1 Å². The van der Waals surface area contributed by atoms with E-state index < -0.39 is 0 Å². The number of hydrogen-bond acceptors (Lipinski definition) is 4. The van der Waals surface area contributed by atoms with Gasteiger partial charge in [-0.05, 0) is 38.5 Å².